The van der Waals surface area contributed by atoms with Crippen LogP contribution in [0.5, 0.6) is 0 Å². The molecule has 0 spiro atoms. The summed E-state index contributed by atoms with van der Waals surface area (Å²) in [5, 5.41) is 3.19. The molecule has 1 N–H and O–H groups in total. The van der Waals surface area contributed by atoms with Crippen molar-refractivity contribution in [3.63, 3.8) is 0 Å². The minimum atomic E-state index is -0.00932. The van der Waals surface area contributed by atoms with Gasteiger partial charge in [-0.15, -0.1) is 0 Å². The van der Waals surface area contributed by atoms with Gasteiger partial charge >= 0.3 is 0 Å². The van der Waals surface area contributed by atoms with Crippen LogP contribution in [-0.2, 0) is 9.53 Å². The summed E-state index contributed by atoms with van der Waals surface area (Å²) < 4.78 is 5.44. The highest BCUT2D eigenvalue weighted by atomic mass is 16.5. The van der Waals surface area contributed by atoms with Crippen LogP contribution in [-0.4, -0.2) is 50.2 Å². The Kier molecular flexibility index (Phi) is 4.51. The van der Waals surface area contributed by atoms with Gasteiger partial charge in [0.1, 0.15) is 0 Å². The Morgan fingerprint density at radius 2 is 1.89 bits per heavy atom. The number of hydrogen-bond acceptors (Lipinski definition) is 3. The number of hydrogen-bond donors (Lipinski definition) is 1. The van der Waals surface area contributed by atoms with Crippen molar-refractivity contribution < 1.29 is 9.53 Å². The Morgan fingerprint density at radius 1 is 1.26 bits per heavy atom. The molecule has 1 aliphatic carbocycles. The average molecular weight is 268 g/mol. The molecule has 110 valence electrons. The van der Waals surface area contributed by atoms with Gasteiger partial charge in [-0.25, -0.2) is 0 Å². The predicted molar refractivity (Wildman–Crippen MR) is 76.0 cm³/mol. The Balaban J connectivity index is 1.92. The van der Waals surface area contributed by atoms with E-state index in [1.165, 1.54) is 12.8 Å². The van der Waals surface area contributed by atoms with Crippen molar-refractivity contribution in [3.8, 4) is 0 Å². The average Bonchev–Trinajstić information content (AvgIpc) is 2.85. The van der Waals surface area contributed by atoms with E-state index < -0.39 is 0 Å². The van der Waals surface area contributed by atoms with E-state index in [0.717, 1.165) is 12.8 Å². The highest BCUT2D eigenvalue weighted by Crippen LogP contribution is 2.37. The number of ether oxygens (including phenoxy) is 1. The maximum absolute atomic E-state index is 12.6. The first-order valence-electron chi connectivity index (χ1n) is 7.46. The number of amides is 1. The second kappa shape index (κ2) is 5.80. The largest absolute Gasteiger partial charge is 0.379 e. The van der Waals surface area contributed by atoms with Crippen LogP contribution in [0.2, 0.25) is 0 Å². The molecule has 4 heteroatoms. The van der Waals surface area contributed by atoms with Crippen LogP contribution in [0.15, 0.2) is 0 Å². The summed E-state index contributed by atoms with van der Waals surface area (Å²) in [6.07, 6.45) is 4.69. The van der Waals surface area contributed by atoms with Gasteiger partial charge in [0.05, 0.1) is 19.1 Å². The predicted octanol–water partition coefficient (Wildman–Crippen LogP) is 1.65. The van der Waals surface area contributed by atoms with E-state index in [-0.39, 0.29) is 17.9 Å². The van der Waals surface area contributed by atoms with Crippen LogP contribution in [0.3, 0.4) is 0 Å². The Hall–Kier alpha value is -0.610. The molecule has 1 heterocycles. The zero-order valence-corrected chi connectivity index (χ0v) is 12.7. The summed E-state index contributed by atoms with van der Waals surface area (Å²) in [5.74, 6) is 0.242. The lowest BCUT2D eigenvalue weighted by Crippen LogP contribution is -2.48. The Morgan fingerprint density at radius 3 is 2.47 bits per heavy atom. The summed E-state index contributed by atoms with van der Waals surface area (Å²) in [6, 6.07) is 0.591. The number of rotatable bonds is 3. The molecule has 19 heavy (non-hydrogen) atoms. The molecule has 0 aromatic rings. The van der Waals surface area contributed by atoms with Crippen molar-refractivity contribution in [1.82, 2.24) is 10.2 Å². The van der Waals surface area contributed by atoms with Crippen molar-refractivity contribution in [1.29, 1.82) is 0 Å². The lowest BCUT2D eigenvalue weighted by Gasteiger charge is -2.39. The highest BCUT2D eigenvalue weighted by molar-refractivity contribution is 5.80. The molecule has 1 amide bonds. The molecule has 2 unspecified atom stereocenters. The van der Waals surface area contributed by atoms with Gasteiger partial charge in [0.15, 0.2) is 0 Å². The molecular weight excluding hydrogens is 240 g/mol. The summed E-state index contributed by atoms with van der Waals surface area (Å²) in [6.45, 7) is 5.87. The SMILES string of the molecule is CNC1COCC1C(=O)N(C)C1CCC(C)(C)CC1. The van der Waals surface area contributed by atoms with Gasteiger partial charge in [-0.2, -0.15) is 0 Å². The van der Waals surface area contributed by atoms with Crippen molar-refractivity contribution >= 4 is 5.91 Å². The van der Waals surface area contributed by atoms with Gasteiger partial charge in [0.2, 0.25) is 5.91 Å². The normalized spacial score (nSPS) is 31.4. The second-order valence-electron chi connectivity index (χ2n) is 6.88. The van der Waals surface area contributed by atoms with Crippen LogP contribution >= 0.6 is 0 Å². The molecule has 0 aromatic heterocycles. The molecule has 0 aromatic carbocycles. The van der Waals surface area contributed by atoms with Gasteiger partial charge in [-0.3, -0.25) is 4.79 Å². The maximum Gasteiger partial charge on any atom is 0.229 e. The van der Waals surface area contributed by atoms with Crippen molar-refractivity contribution in [3.05, 3.63) is 0 Å². The molecule has 2 atom stereocenters. The standard InChI is InChI=1S/C15H28N2O2/c1-15(2)7-5-11(6-8-15)17(4)14(18)12-9-19-10-13(12)16-3/h11-13,16H,5-10H2,1-4H3. The topological polar surface area (TPSA) is 41.6 Å². The van der Waals surface area contributed by atoms with Gasteiger partial charge in [0, 0.05) is 19.1 Å². The zero-order chi connectivity index (χ0) is 14.0. The van der Waals surface area contributed by atoms with Crippen molar-refractivity contribution in [2.24, 2.45) is 11.3 Å². The molecular formula is C15H28N2O2. The van der Waals surface area contributed by atoms with Crippen molar-refractivity contribution in [2.45, 2.75) is 51.6 Å². The summed E-state index contributed by atoms with van der Waals surface area (Å²) in [4.78, 5) is 14.6. The molecule has 4 nitrogen and oxygen atoms in total. The van der Waals surface area contributed by atoms with E-state index in [4.69, 9.17) is 4.74 Å². The molecule has 2 aliphatic rings. The fourth-order valence-corrected chi connectivity index (χ4v) is 3.30. The molecule has 1 saturated carbocycles. The van der Waals surface area contributed by atoms with Crippen LogP contribution in [0.4, 0.5) is 0 Å². The molecule has 0 radical (unpaired) electrons. The third kappa shape index (κ3) is 3.29. The highest BCUT2D eigenvalue weighted by Gasteiger charge is 2.38. The van der Waals surface area contributed by atoms with Gasteiger partial charge in [-0.05, 0) is 38.1 Å². The third-order valence-electron chi connectivity index (χ3n) is 4.97. The molecule has 2 rings (SSSR count). The van der Waals surface area contributed by atoms with Crippen LogP contribution in [0, 0.1) is 11.3 Å². The van der Waals surface area contributed by atoms with E-state index >= 15 is 0 Å². The lowest BCUT2D eigenvalue weighted by molar-refractivity contribution is -0.137. The first kappa shape index (κ1) is 14.8. The zero-order valence-electron chi connectivity index (χ0n) is 12.7. The van der Waals surface area contributed by atoms with Crippen LogP contribution < -0.4 is 5.32 Å². The van der Waals surface area contributed by atoms with E-state index in [9.17, 15) is 4.79 Å². The number of carbonyl (C=O) groups is 1. The van der Waals surface area contributed by atoms with Gasteiger partial charge < -0.3 is 15.0 Å². The fraction of sp³-hybridized carbons (Fsp3) is 0.933. The quantitative estimate of drug-likeness (QED) is 0.846. The van der Waals surface area contributed by atoms with Crippen molar-refractivity contribution in [2.75, 3.05) is 27.3 Å². The lowest BCUT2D eigenvalue weighted by atomic mass is 9.75. The maximum atomic E-state index is 12.6. The molecule has 1 saturated heterocycles. The second-order valence-corrected chi connectivity index (χ2v) is 6.88. The van der Waals surface area contributed by atoms with E-state index in [2.05, 4.69) is 19.2 Å². The number of nitrogens with zero attached hydrogens (tertiary/aromatic N) is 1. The first-order valence-corrected chi connectivity index (χ1v) is 7.46. The number of likely N-dealkylation sites (N-methyl/N-ethyl adjacent to an activating group) is 1. The number of carbonyl (C=O) groups excluding carboxylic acids is 1. The fourth-order valence-electron chi connectivity index (χ4n) is 3.30. The number of nitrogens with one attached hydrogen (secondary N) is 1. The summed E-state index contributed by atoms with van der Waals surface area (Å²) >= 11 is 0. The van der Waals surface area contributed by atoms with E-state index in [0.29, 0.717) is 24.7 Å². The molecule has 0 bridgehead atoms. The van der Waals surface area contributed by atoms with Gasteiger partial charge in [-0.1, -0.05) is 13.8 Å². The van der Waals surface area contributed by atoms with Crippen LogP contribution in [0.1, 0.15) is 39.5 Å². The van der Waals surface area contributed by atoms with Gasteiger partial charge in [0.25, 0.3) is 0 Å². The third-order valence-corrected chi connectivity index (χ3v) is 4.97. The van der Waals surface area contributed by atoms with E-state index in [1.54, 1.807) is 0 Å². The Bertz CT molecular complexity index is 320. The summed E-state index contributed by atoms with van der Waals surface area (Å²) in [7, 11) is 3.87. The molecule has 1 aliphatic heterocycles. The first-order chi connectivity index (χ1) is 8.94. The Labute approximate surface area is 116 Å². The minimum Gasteiger partial charge on any atom is -0.379 e. The smallest absolute Gasteiger partial charge is 0.229 e. The monoisotopic (exact) mass is 268 g/mol. The molecule has 2 fully saturated rings. The minimum absolute atomic E-state index is 0.00932. The van der Waals surface area contributed by atoms with Crippen LogP contribution in [0.25, 0.3) is 0 Å². The summed E-state index contributed by atoms with van der Waals surface area (Å²) in [5.41, 5.74) is 0.449. The van der Waals surface area contributed by atoms with E-state index in [1.807, 2.05) is 19.0 Å².